The van der Waals surface area contributed by atoms with Gasteiger partial charge in [-0.2, -0.15) is 0 Å². The smallest absolute Gasteiger partial charge is 0.0770 e. The van der Waals surface area contributed by atoms with Crippen molar-refractivity contribution in [3.63, 3.8) is 0 Å². The van der Waals surface area contributed by atoms with Crippen molar-refractivity contribution >= 4 is 17.3 Å². The molecule has 0 spiro atoms. The van der Waals surface area contributed by atoms with E-state index in [1.165, 1.54) is 6.20 Å². The summed E-state index contributed by atoms with van der Waals surface area (Å²) in [5.41, 5.74) is 6.07. The van der Waals surface area contributed by atoms with Crippen LogP contribution in [0.15, 0.2) is 16.2 Å². The van der Waals surface area contributed by atoms with Crippen LogP contribution in [0.3, 0.4) is 0 Å². The first-order valence-corrected chi connectivity index (χ1v) is 4.45. The summed E-state index contributed by atoms with van der Waals surface area (Å²) >= 11 is 5.84. The minimum atomic E-state index is -0.0888. The first-order valence-electron chi connectivity index (χ1n) is 4.07. The molecule has 0 aromatic rings. The molecular formula is C9H17ClN2. The Bertz CT molecular complexity index is 199. The van der Waals surface area contributed by atoms with Crippen LogP contribution in [-0.2, 0) is 0 Å². The third-order valence-electron chi connectivity index (χ3n) is 1.23. The van der Waals surface area contributed by atoms with Gasteiger partial charge in [-0.05, 0) is 27.2 Å². The van der Waals surface area contributed by atoms with Gasteiger partial charge in [0.15, 0.2) is 0 Å². The van der Waals surface area contributed by atoms with E-state index in [2.05, 4.69) is 4.99 Å². The summed E-state index contributed by atoms with van der Waals surface area (Å²) in [5, 5.41) is 0.549. The number of aliphatic imine (C=N–C) groups is 1. The highest BCUT2D eigenvalue weighted by molar-refractivity contribution is 6.43. The largest absolute Gasteiger partial charge is 0.403 e. The van der Waals surface area contributed by atoms with Crippen molar-refractivity contribution < 1.29 is 0 Å². The molecule has 70 valence electrons. The molecule has 0 atom stereocenters. The lowest BCUT2D eigenvalue weighted by atomic mass is 10.1. The summed E-state index contributed by atoms with van der Waals surface area (Å²) in [5.74, 6) is 0. The average Bonchev–Trinajstić information content (AvgIpc) is 1.97. The predicted octanol–water partition coefficient (Wildman–Crippen LogP) is 2.67. The number of nitrogens with two attached hydrogens (primary N) is 1. The second-order valence-corrected chi connectivity index (χ2v) is 4.00. The highest BCUT2D eigenvalue weighted by atomic mass is 35.5. The number of halogens is 1. The van der Waals surface area contributed by atoms with Gasteiger partial charge in [0.05, 0.1) is 16.3 Å². The molecule has 0 saturated carbocycles. The van der Waals surface area contributed by atoms with E-state index >= 15 is 0 Å². The van der Waals surface area contributed by atoms with Gasteiger partial charge >= 0.3 is 0 Å². The Labute approximate surface area is 79.5 Å². The van der Waals surface area contributed by atoms with Gasteiger partial charge in [0.25, 0.3) is 0 Å². The van der Waals surface area contributed by atoms with Crippen molar-refractivity contribution in [3.05, 3.63) is 11.2 Å². The standard InChI is InChI=1S/C9H17ClN2/c1-5-8(7(10)6-11)12-9(2,3)4/h6H,5,11H2,1-4H3/b7-6+,12-8?. The molecule has 0 aliphatic carbocycles. The van der Waals surface area contributed by atoms with Crippen molar-refractivity contribution in [1.29, 1.82) is 0 Å². The highest BCUT2D eigenvalue weighted by Crippen LogP contribution is 2.13. The molecule has 0 bridgehead atoms. The van der Waals surface area contributed by atoms with Gasteiger partial charge in [-0.1, -0.05) is 18.5 Å². The molecule has 0 aliphatic rings. The second kappa shape index (κ2) is 4.51. The topological polar surface area (TPSA) is 38.4 Å². The van der Waals surface area contributed by atoms with Crippen LogP contribution in [0.4, 0.5) is 0 Å². The van der Waals surface area contributed by atoms with Crippen molar-refractivity contribution in [3.8, 4) is 0 Å². The first-order chi connectivity index (χ1) is 5.40. The average molecular weight is 189 g/mol. The van der Waals surface area contributed by atoms with Crippen LogP contribution in [-0.4, -0.2) is 11.3 Å². The highest BCUT2D eigenvalue weighted by Gasteiger charge is 2.10. The Hall–Kier alpha value is -0.500. The molecule has 3 heteroatoms. The van der Waals surface area contributed by atoms with Crippen LogP contribution in [0, 0.1) is 0 Å². The van der Waals surface area contributed by atoms with Crippen LogP contribution < -0.4 is 5.73 Å². The first kappa shape index (κ1) is 11.5. The fourth-order valence-electron chi connectivity index (χ4n) is 0.802. The van der Waals surface area contributed by atoms with E-state index in [0.717, 1.165) is 12.1 Å². The summed E-state index contributed by atoms with van der Waals surface area (Å²) < 4.78 is 0. The van der Waals surface area contributed by atoms with E-state index < -0.39 is 0 Å². The Balaban J connectivity index is 4.67. The second-order valence-electron chi connectivity index (χ2n) is 3.60. The fourth-order valence-corrected chi connectivity index (χ4v) is 0.978. The van der Waals surface area contributed by atoms with E-state index in [1.54, 1.807) is 0 Å². The third kappa shape index (κ3) is 4.39. The molecular weight excluding hydrogens is 172 g/mol. The van der Waals surface area contributed by atoms with Crippen LogP contribution in [0.5, 0.6) is 0 Å². The lowest BCUT2D eigenvalue weighted by Crippen LogP contribution is -2.14. The minimum Gasteiger partial charge on any atom is -0.403 e. The summed E-state index contributed by atoms with van der Waals surface area (Å²) in [6.07, 6.45) is 2.19. The summed E-state index contributed by atoms with van der Waals surface area (Å²) in [7, 11) is 0. The van der Waals surface area contributed by atoms with Crippen molar-refractivity contribution in [2.24, 2.45) is 10.7 Å². The Morgan fingerprint density at radius 1 is 1.50 bits per heavy atom. The zero-order valence-electron chi connectivity index (χ0n) is 8.19. The number of rotatable bonds is 2. The van der Waals surface area contributed by atoms with Crippen LogP contribution in [0.25, 0.3) is 0 Å². The van der Waals surface area contributed by atoms with Gasteiger partial charge < -0.3 is 5.73 Å². The van der Waals surface area contributed by atoms with E-state index in [0.29, 0.717) is 5.03 Å². The zero-order chi connectivity index (χ0) is 9.78. The maximum Gasteiger partial charge on any atom is 0.0770 e. The van der Waals surface area contributed by atoms with Gasteiger partial charge in [0.2, 0.25) is 0 Å². The zero-order valence-corrected chi connectivity index (χ0v) is 8.94. The molecule has 2 nitrogen and oxygen atoms in total. The van der Waals surface area contributed by atoms with Gasteiger partial charge in [0, 0.05) is 6.20 Å². The van der Waals surface area contributed by atoms with E-state index in [-0.39, 0.29) is 5.54 Å². The molecule has 12 heavy (non-hydrogen) atoms. The van der Waals surface area contributed by atoms with Crippen LogP contribution >= 0.6 is 11.6 Å². The lowest BCUT2D eigenvalue weighted by molar-refractivity contribution is 0.582. The Kier molecular flexibility index (Phi) is 4.32. The van der Waals surface area contributed by atoms with Crippen molar-refractivity contribution in [2.75, 3.05) is 0 Å². The van der Waals surface area contributed by atoms with Crippen molar-refractivity contribution in [2.45, 2.75) is 39.7 Å². The molecule has 0 aromatic carbocycles. The molecule has 0 saturated heterocycles. The maximum absolute atomic E-state index is 5.84. The normalized spacial score (nSPS) is 15.1. The van der Waals surface area contributed by atoms with E-state index in [1.807, 2.05) is 27.7 Å². The number of allylic oxidation sites excluding steroid dienone is 1. The lowest BCUT2D eigenvalue weighted by Gasteiger charge is -2.14. The fraction of sp³-hybridized carbons (Fsp3) is 0.667. The molecule has 0 radical (unpaired) electrons. The maximum atomic E-state index is 5.84. The number of hydrogen-bond acceptors (Lipinski definition) is 2. The predicted molar refractivity (Wildman–Crippen MR) is 55.6 cm³/mol. The Morgan fingerprint density at radius 2 is 2.00 bits per heavy atom. The summed E-state index contributed by atoms with van der Waals surface area (Å²) in [6.45, 7) is 8.10. The SMILES string of the molecule is CCC(=NC(C)(C)C)/C(Cl)=C\N. The minimum absolute atomic E-state index is 0.0888. The molecule has 0 rings (SSSR count). The molecule has 0 aromatic heterocycles. The van der Waals surface area contributed by atoms with E-state index in [4.69, 9.17) is 17.3 Å². The monoisotopic (exact) mass is 188 g/mol. The van der Waals surface area contributed by atoms with Crippen molar-refractivity contribution in [1.82, 2.24) is 0 Å². The van der Waals surface area contributed by atoms with E-state index in [9.17, 15) is 0 Å². The van der Waals surface area contributed by atoms with Gasteiger partial charge in [-0.25, -0.2) is 0 Å². The number of nitrogens with zero attached hydrogens (tertiary/aromatic N) is 1. The molecule has 0 heterocycles. The molecule has 2 N–H and O–H groups in total. The van der Waals surface area contributed by atoms with Crippen LogP contribution in [0.2, 0.25) is 0 Å². The van der Waals surface area contributed by atoms with Gasteiger partial charge in [-0.15, -0.1) is 0 Å². The van der Waals surface area contributed by atoms with Gasteiger partial charge in [0.1, 0.15) is 0 Å². The Morgan fingerprint density at radius 3 is 2.25 bits per heavy atom. The van der Waals surface area contributed by atoms with Gasteiger partial charge in [-0.3, -0.25) is 4.99 Å². The third-order valence-corrected chi connectivity index (χ3v) is 1.57. The molecule has 0 amide bonds. The summed E-state index contributed by atoms with van der Waals surface area (Å²) in [6, 6.07) is 0. The number of hydrogen-bond donors (Lipinski definition) is 1. The molecule has 0 aliphatic heterocycles. The molecule has 0 unspecified atom stereocenters. The molecule has 0 fully saturated rings. The quantitative estimate of drug-likeness (QED) is 0.665. The van der Waals surface area contributed by atoms with Crippen LogP contribution in [0.1, 0.15) is 34.1 Å². The summed E-state index contributed by atoms with van der Waals surface area (Å²) in [4.78, 5) is 4.43.